The van der Waals surface area contributed by atoms with Gasteiger partial charge in [-0.05, 0) is 31.4 Å². The van der Waals surface area contributed by atoms with E-state index < -0.39 is 0 Å². The molecule has 1 aliphatic carbocycles. The molecule has 3 nitrogen and oxygen atoms in total. The predicted molar refractivity (Wildman–Crippen MR) is 78.9 cm³/mol. The summed E-state index contributed by atoms with van der Waals surface area (Å²) in [7, 11) is 0. The van der Waals surface area contributed by atoms with Crippen LogP contribution in [0.5, 0.6) is 0 Å². The van der Waals surface area contributed by atoms with E-state index in [0.717, 1.165) is 18.4 Å². The van der Waals surface area contributed by atoms with Crippen LogP contribution in [-0.2, 0) is 9.53 Å². The van der Waals surface area contributed by atoms with Gasteiger partial charge in [-0.3, -0.25) is 4.79 Å². The van der Waals surface area contributed by atoms with Crippen LogP contribution in [0.4, 0.5) is 0 Å². The standard InChI is InChI=1S/C15H22ClNO2/c1-3-14(16)12(2)9-10-19-11-15(18)17-13-7-5-4-6-8-13/h3,9-10,13H,1,4-8,11H2,2H3,(H,17,18)/b10-9+,14-12+. The molecule has 1 aliphatic rings. The molecular formula is C15H22ClNO2. The number of nitrogens with one attached hydrogen (secondary N) is 1. The normalized spacial score (nSPS) is 18.0. The molecule has 19 heavy (non-hydrogen) atoms. The molecule has 0 unspecified atom stereocenters. The number of rotatable bonds is 6. The quantitative estimate of drug-likeness (QED) is 0.597. The average molecular weight is 284 g/mol. The Morgan fingerprint density at radius 3 is 2.74 bits per heavy atom. The van der Waals surface area contributed by atoms with Crippen LogP contribution in [-0.4, -0.2) is 18.6 Å². The second-order valence-electron chi connectivity index (χ2n) is 4.75. The minimum absolute atomic E-state index is 0.0476. The molecule has 0 spiro atoms. The second kappa shape index (κ2) is 8.81. The predicted octanol–water partition coefficient (Wildman–Crippen LogP) is 3.66. The van der Waals surface area contributed by atoms with Crippen LogP contribution in [0.25, 0.3) is 0 Å². The number of carbonyl (C=O) groups is 1. The van der Waals surface area contributed by atoms with Gasteiger partial charge in [-0.25, -0.2) is 0 Å². The van der Waals surface area contributed by atoms with E-state index in [1.165, 1.54) is 25.5 Å². The highest BCUT2D eigenvalue weighted by Gasteiger charge is 2.15. The van der Waals surface area contributed by atoms with E-state index in [1.807, 2.05) is 6.92 Å². The first-order valence-electron chi connectivity index (χ1n) is 6.70. The van der Waals surface area contributed by atoms with Crippen LogP contribution in [0.15, 0.2) is 35.6 Å². The van der Waals surface area contributed by atoms with Crippen molar-refractivity contribution >= 4 is 17.5 Å². The Morgan fingerprint density at radius 1 is 1.42 bits per heavy atom. The third kappa shape index (κ3) is 6.48. The van der Waals surface area contributed by atoms with E-state index in [1.54, 1.807) is 12.2 Å². The highest BCUT2D eigenvalue weighted by molar-refractivity contribution is 6.31. The number of amides is 1. The third-order valence-corrected chi connectivity index (χ3v) is 3.61. The molecule has 106 valence electrons. The van der Waals surface area contributed by atoms with E-state index in [-0.39, 0.29) is 12.5 Å². The maximum absolute atomic E-state index is 11.6. The molecule has 0 aromatic carbocycles. The number of hydrogen-bond donors (Lipinski definition) is 1. The average Bonchev–Trinajstić information content (AvgIpc) is 2.43. The van der Waals surface area contributed by atoms with Crippen molar-refractivity contribution in [1.82, 2.24) is 5.32 Å². The van der Waals surface area contributed by atoms with Crippen molar-refractivity contribution in [2.45, 2.75) is 45.1 Å². The van der Waals surface area contributed by atoms with Crippen molar-refractivity contribution in [2.75, 3.05) is 6.61 Å². The minimum Gasteiger partial charge on any atom is -0.491 e. The zero-order chi connectivity index (χ0) is 14.1. The number of allylic oxidation sites excluding steroid dienone is 4. The largest absolute Gasteiger partial charge is 0.491 e. The zero-order valence-corrected chi connectivity index (χ0v) is 12.2. The Morgan fingerprint density at radius 2 is 2.11 bits per heavy atom. The van der Waals surface area contributed by atoms with Crippen LogP contribution in [0.3, 0.4) is 0 Å². The lowest BCUT2D eigenvalue weighted by Gasteiger charge is -2.22. The highest BCUT2D eigenvalue weighted by atomic mass is 35.5. The first-order chi connectivity index (χ1) is 9.13. The molecule has 1 saturated carbocycles. The Labute approximate surface area is 120 Å². The second-order valence-corrected chi connectivity index (χ2v) is 5.16. The Hall–Kier alpha value is -1.22. The molecule has 0 aliphatic heterocycles. The molecule has 1 amide bonds. The van der Waals surface area contributed by atoms with Crippen molar-refractivity contribution in [2.24, 2.45) is 0 Å². The van der Waals surface area contributed by atoms with Crippen molar-refractivity contribution in [3.05, 3.63) is 35.6 Å². The molecule has 1 fully saturated rings. The summed E-state index contributed by atoms with van der Waals surface area (Å²) in [5, 5.41) is 3.56. The first-order valence-corrected chi connectivity index (χ1v) is 7.07. The van der Waals surface area contributed by atoms with Crippen molar-refractivity contribution in [3.63, 3.8) is 0 Å². The van der Waals surface area contributed by atoms with Gasteiger partial charge in [0.15, 0.2) is 6.61 Å². The summed E-state index contributed by atoms with van der Waals surface area (Å²) in [6.07, 6.45) is 10.6. The fourth-order valence-corrected chi connectivity index (χ4v) is 2.09. The van der Waals surface area contributed by atoms with E-state index in [4.69, 9.17) is 16.3 Å². The lowest BCUT2D eigenvalue weighted by molar-refractivity contribution is -0.124. The summed E-state index contributed by atoms with van der Waals surface area (Å²) < 4.78 is 5.18. The molecule has 1 rings (SSSR count). The number of halogens is 1. The molecule has 4 heteroatoms. The van der Waals surface area contributed by atoms with E-state index in [0.29, 0.717) is 11.1 Å². The number of carbonyl (C=O) groups excluding carboxylic acids is 1. The maximum Gasteiger partial charge on any atom is 0.258 e. The van der Waals surface area contributed by atoms with Gasteiger partial charge in [0, 0.05) is 11.1 Å². The summed E-state index contributed by atoms with van der Waals surface area (Å²) >= 11 is 5.86. The highest BCUT2D eigenvalue weighted by Crippen LogP contribution is 2.17. The van der Waals surface area contributed by atoms with E-state index in [9.17, 15) is 4.79 Å². The van der Waals surface area contributed by atoms with Crippen LogP contribution in [0.2, 0.25) is 0 Å². The molecule has 0 radical (unpaired) electrons. The molecule has 0 atom stereocenters. The van der Waals surface area contributed by atoms with Crippen LogP contribution in [0, 0.1) is 0 Å². The lowest BCUT2D eigenvalue weighted by Crippen LogP contribution is -2.38. The van der Waals surface area contributed by atoms with E-state index in [2.05, 4.69) is 11.9 Å². The zero-order valence-electron chi connectivity index (χ0n) is 11.5. The molecule has 0 aromatic rings. The summed E-state index contributed by atoms with van der Waals surface area (Å²) in [6, 6.07) is 0.325. The fraction of sp³-hybridized carbons (Fsp3) is 0.533. The monoisotopic (exact) mass is 283 g/mol. The molecule has 0 aromatic heterocycles. The van der Waals surface area contributed by atoms with Gasteiger partial charge in [-0.1, -0.05) is 43.5 Å². The van der Waals surface area contributed by atoms with E-state index >= 15 is 0 Å². The Kier molecular flexibility index (Phi) is 7.34. The number of ether oxygens (including phenoxy) is 1. The van der Waals surface area contributed by atoms with Crippen molar-refractivity contribution in [1.29, 1.82) is 0 Å². The molecular weight excluding hydrogens is 262 g/mol. The topological polar surface area (TPSA) is 38.3 Å². The Balaban J connectivity index is 2.23. The van der Waals surface area contributed by atoms with Crippen molar-refractivity contribution < 1.29 is 9.53 Å². The maximum atomic E-state index is 11.6. The molecule has 0 bridgehead atoms. The molecule has 0 heterocycles. The van der Waals surface area contributed by atoms with Crippen LogP contribution < -0.4 is 5.32 Å². The third-order valence-electron chi connectivity index (χ3n) is 3.15. The summed E-state index contributed by atoms with van der Waals surface area (Å²) in [5.41, 5.74) is 0.851. The van der Waals surface area contributed by atoms with Gasteiger partial charge in [-0.2, -0.15) is 0 Å². The van der Waals surface area contributed by atoms with Crippen molar-refractivity contribution in [3.8, 4) is 0 Å². The molecule has 1 N–H and O–H groups in total. The first kappa shape index (κ1) is 15.8. The van der Waals surface area contributed by atoms with Gasteiger partial charge >= 0.3 is 0 Å². The van der Waals surface area contributed by atoms with Gasteiger partial charge in [0.1, 0.15) is 0 Å². The van der Waals surface area contributed by atoms with Crippen LogP contribution >= 0.6 is 11.6 Å². The molecule has 0 saturated heterocycles. The smallest absolute Gasteiger partial charge is 0.258 e. The van der Waals surface area contributed by atoms with Gasteiger partial charge < -0.3 is 10.1 Å². The van der Waals surface area contributed by atoms with Gasteiger partial charge in [0.05, 0.1) is 6.26 Å². The van der Waals surface area contributed by atoms with Crippen LogP contribution in [0.1, 0.15) is 39.0 Å². The minimum atomic E-state index is -0.0620. The summed E-state index contributed by atoms with van der Waals surface area (Å²) in [6.45, 7) is 5.48. The number of hydrogen-bond acceptors (Lipinski definition) is 2. The summed E-state index contributed by atoms with van der Waals surface area (Å²) in [5.74, 6) is -0.0620. The summed E-state index contributed by atoms with van der Waals surface area (Å²) in [4.78, 5) is 11.6. The Bertz CT molecular complexity index is 368. The van der Waals surface area contributed by atoms with Gasteiger partial charge in [0.25, 0.3) is 5.91 Å². The SMILES string of the molecule is C=C/C(Cl)=C(C)\C=C\OCC(=O)NC1CCCCC1. The van der Waals surface area contributed by atoms with Gasteiger partial charge in [-0.15, -0.1) is 0 Å². The van der Waals surface area contributed by atoms with Gasteiger partial charge in [0.2, 0.25) is 0 Å². The lowest BCUT2D eigenvalue weighted by atomic mass is 9.95. The fourth-order valence-electron chi connectivity index (χ4n) is 2.03.